The lowest BCUT2D eigenvalue weighted by Gasteiger charge is -2.17. The largest absolute Gasteiger partial charge is 0.497 e. The summed E-state index contributed by atoms with van der Waals surface area (Å²) in [6.07, 6.45) is 0. The molecule has 0 fully saturated rings. The lowest BCUT2D eigenvalue weighted by atomic mass is 10.1. The average Bonchev–Trinajstić information content (AvgIpc) is 2.54. The highest BCUT2D eigenvalue weighted by Gasteiger charge is 2.23. The zero-order valence-electron chi connectivity index (χ0n) is 13.7. The van der Waals surface area contributed by atoms with Crippen LogP contribution in [0.15, 0.2) is 47.4 Å². The summed E-state index contributed by atoms with van der Waals surface area (Å²) < 4.78 is 38.3. The van der Waals surface area contributed by atoms with Crippen LogP contribution in [-0.4, -0.2) is 22.6 Å². The second-order valence-electron chi connectivity index (χ2n) is 5.27. The third-order valence-corrected chi connectivity index (χ3v) is 5.13. The highest BCUT2D eigenvalue weighted by Crippen LogP contribution is 2.29. The number of rotatable bonds is 6. The second-order valence-corrected chi connectivity index (χ2v) is 6.95. The molecule has 0 bridgehead atoms. The summed E-state index contributed by atoms with van der Waals surface area (Å²) >= 11 is 0. The molecule has 0 aliphatic rings. The van der Waals surface area contributed by atoms with Crippen LogP contribution in [0.1, 0.15) is 24.1 Å². The highest BCUT2D eigenvalue weighted by atomic mass is 32.2. The Bertz CT molecular complexity index is 770. The van der Waals surface area contributed by atoms with E-state index in [0.29, 0.717) is 5.75 Å². The van der Waals surface area contributed by atoms with Crippen molar-refractivity contribution >= 4 is 10.0 Å². The molecule has 0 saturated carbocycles. The summed E-state index contributed by atoms with van der Waals surface area (Å²) in [7, 11) is -0.827. The molecule has 0 unspecified atom stereocenters. The Morgan fingerprint density at radius 2 is 1.65 bits per heavy atom. The lowest BCUT2D eigenvalue weighted by Crippen LogP contribution is -2.27. The van der Waals surface area contributed by atoms with Crippen molar-refractivity contribution in [1.82, 2.24) is 4.72 Å². The van der Waals surface area contributed by atoms with Gasteiger partial charge in [0.25, 0.3) is 0 Å². The Labute approximate surface area is 137 Å². The number of hydrogen-bond donors (Lipinski definition) is 1. The summed E-state index contributed by atoms with van der Waals surface area (Å²) in [5, 5.41) is 0. The molecule has 0 amide bonds. The van der Waals surface area contributed by atoms with Crippen LogP contribution < -0.4 is 14.2 Å². The Hall–Kier alpha value is -2.05. The first-order valence-corrected chi connectivity index (χ1v) is 8.66. The molecule has 0 aliphatic heterocycles. The van der Waals surface area contributed by atoms with Crippen LogP contribution in [0, 0.1) is 6.92 Å². The Kier molecular flexibility index (Phi) is 5.28. The molecule has 2 aromatic rings. The maximum Gasteiger partial charge on any atom is 0.244 e. The molecule has 5 nitrogen and oxygen atoms in total. The third kappa shape index (κ3) is 4.03. The fraction of sp³-hybridized carbons (Fsp3) is 0.294. The van der Waals surface area contributed by atoms with Crippen LogP contribution in [0.3, 0.4) is 0 Å². The fourth-order valence-corrected chi connectivity index (χ4v) is 3.63. The lowest BCUT2D eigenvalue weighted by molar-refractivity contribution is 0.391. The first-order chi connectivity index (χ1) is 10.9. The minimum absolute atomic E-state index is 0.0540. The van der Waals surface area contributed by atoms with Crippen LogP contribution in [-0.2, 0) is 10.0 Å². The van der Waals surface area contributed by atoms with E-state index in [1.165, 1.54) is 20.3 Å². The quantitative estimate of drug-likeness (QED) is 0.881. The molecule has 2 rings (SSSR count). The van der Waals surface area contributed by atoms with Crippen molar-refractivity contribution in [3.05, 3.63) is 53.6 Å². The van der Waals surface area contributed by atoms with Gasteiger partial charge in [-0.3, -0.25) is 0 Å². The zero-order chi connectivity index (χ0) is 17.0. The van der Waals surface area contributed by atoms with Crippen LogP contribution >= 0.6 is 0 Å². The van der Waals surface area contributed by atoms with Gasteiger partial charge in [-0.2, -0.15) is 0 Å². The maximum atomic E-state index is 12.7. The van der Waals surface area contributed by atoms with Gasteiger partial charge in [-0.25, -0.2) is 13.1 Å². The number of hydrogen-bond acceptors (Lipinski definition) is 4. The van der Waals surface area contributed by atoms with Gasteiger partial charge in [-0.15, -0.1) is 0 Å². The minimum Gasteiger partial charge on any atom is -0.497 e. The molecule has 0 saturated heterocycles. The Balaban J connectivity index is 2.33. The summed E-state index contributed by atoms with van der Waals surface area (Å²) in [5.74, 6) is 0.726. The fourth-order valence-electron chi connectivity index (χ4n) is 2.21. The number of ether oxygens (including phenoxy) is 2. The van der Waals surface area contributed by atoms with Crippen molar-refractivity contribution in [2.24, 2.45) is 0 Å². The molecule has 1 N–H and O–H groups in total. The topological polar surface area (TPSA) is 64.6 Å². The molecule has 124 valence electrons. The van der Waals surface area contributed by atoms with Crippen molar-refractivity contribution in [2.45, 2.75) is 24.8 Å². The molecule has 23 heavy (non-hydrogen) atoms. The van der Waals surface area contributed by atoms with Crippen molar-refractivity contribution in [1.29, 1.82) is 0 Å². The van der Waals surface area contributed by atoms with Gasteiger partial charge in [0.05, 0.1) is 14.2 Å². The van der Waals surface area contributed by atoms with Crippen molar-refractivity contribution < 1.29 is 17.9 Å². The van der Waals surface area contributed by atoms with Crippen LogP contribution in [0.2, 0.25) is 0 Å². The maximum absolute atomic E-state index is 12.7. The van der Waals surface area contributed by atoms with E-state index in [1.807, 2.05) is 31.2 Å². The zero-order valence-corrected chi connectivity index (χ0v) is 14.5. The predicted octanol–water partition coefficient (Wildman–Crippen LogP) is 3.05. The van der Waals surface area contributed by atoms with Crippen LogP contribution in [0.4, 0.5) is 0 Å². The van der Waals surface area contributed by atoms with E-state index in [0.717, 1.165) is 11.1 Å². The van der Waals surface area contributed by atoms with E-state index < -0.39 is 10.0 Å². The molecule has 0 aromatic heterocycles. The SMILES string of the molecule is COc1ccc(OC)c(S(=O)(=O)N[C@@H](C)c2ccc(C)cc2)c1. The summed E-state index contributed by atoms with van der Waals surface area (Å²) in [5.41, 5.74) is 2.01. The van der Waals surface area contributed by atoms with E-state index in [1.54, 1.807) is 19.1 Å². The second kappa shape index (κ2) is 7.02. The third-order valence-electron chi connectivity index (χ3n) is 3.57. The van der Waals surface area contributed by atoms with E-state index in [-0.39, 0.29) is 16.7 Å². The molecule has 0 aliphatic carbocycles. The monoisotopic (exact) mass is 335 g/mol. The van der Waals surface area contributed by atoms with Gasteiger partial charge >= 0.3 is 0 Å². The molecule has 0 heterocycles. The van der Waals surface area contributed by atoms with Crippen molar-refractivity contribution in [2.75, 3.05) is 14.2 Å². The summed E-state index contributed by atoms with van der Waals surface area (Å²) in [6, 6.07) is 12.0. The van der Waals surface area contributed by atoms with Gasteiger partial charge in [0.1, 0.15) is 16.4 Å². The minimum atomic E-state index is -3.75. The van der Waals surface area contributed by atoms with E-state index in [2.05, 4.69) is 4.72 Å². The van der Waals surface area contributed by atoms with Crippen molar-refractivity contribution in [3.63, 3.8) is 0 Å². The van der Waals surface area contributed by atoms with Gasteiger partial charge in [0.2, 0.25) is 10.0 Å². The Morgan fingerprint density at radius 3 is 2.22 bits per heavy atom. The number of sulfonamides is 1. The van der Waals surface area contributed by atoms with Gasteiger partial charge in [-0.05, 0) is 31.5 Å². The van der Waals surface area contributed by atoms with Crippen LogP contribution in [0.5, 0.6) is 11.5 Å². The standard InChI is InChI=1S/C17H21NO4S/c1-12-5-7-14(8-6-12)13(2)18-23(19,20)17-11-15(21-3)9-10-16(17)22-4/h5-11,13,18H,1-4H3/t13-/m0/s1. The molecule has 0 spiro atoms. The molecule has 0 radical (unpaired) electrons. The summed E-state index contributed by atoms with van der Waals surface area (Å²) in [6.45, 7) is 3.79. The van der Waals surface area contributed by atoms with E-state index in [4.69, 9.17) is 9.47 Å². The van der Waals surface area contributed by atoms with Gasteiger partial charge in [-0.1, -0.05) is 29.8 Å². The number of nitrogens with one attached hydrogen (secondary N) is 1. The number of aryl methyl sites for hydroxylation is 1. The first kappa shape index (κ1) is 17.3. The molecular formula is C17H21NO4S. The predicted molar refractivity (Wildman–Crippen MR) is 89.5 cm³/mol. The van der Waals surface area contributed by atoms with Gasteiger partial charge < -0.3 is 9.47 Å². The normalized spacial score (nSPS) is 12.7. The Morgan fingerprint density at radius 1 is 1.00 bits per heavy atom. The highest BCUT2D eigenvalue weighted by molar-refractivity contribution is 7.89. The van der Waals surface area contributed by atoms with Gasteiger partial charge in [0, 0.05) is 12.1 Å². The average molecular weight is 335 g/mol. The molecule has 1 atom stereocenters. The van der Waals surface area contributed by atoms with E-state index >= 15 is 0 Å². The first-order valence-electron chi connectivity index (χ1n) is 7.18. The van der Waals surface area contributed by atoms with Crippen molar-refractivity contribution in [3.8, 4) is 11.5 Å². The van der Waals surface area contributed by atoms with Crippen LogP contribution in [0.25, 0.3) is 0 Å². The van der Waals surface area contributed by atoms with E-state index in [9.17, 15) is 8.42 Å². The molecule has 2 aromatic carbocycles. The molecular weight excluding hydrogens is 314 g/mol. The molecule has 6 heteroatoms. The number of benzene rings is 2. The smallest absolute Gasteiger partial charge is 0.244 e. The number of methoxy groups -OCH3 is 2. The van der Waals surface area contributed by atoms with Gasteiger partial charge in [0.15, 0.2) is 0 Å². The summed E-state index contributed by atoms with van der Waals surface area (Å²) in [4.78, 5) is 0.0540.